The molecule has 1 aliphatic carbocycles. The predicted molar refractivity (Wildman–Crippen MR) is 107 cm³/mol. The highest BCUT2D eigenvalue weighted by atomic mass is 16.5. The number of hydrogen-bond donors (Lipinski definition) is 2. The molecule has 3 rings (SSSR count). The molecule has 2 fully saturated rings. The van der Waals surface area contributed by atoms with E-state index in [4.69, 9.17) is 4.74 Å². The number of carbonyl (C=O) groups excluding carboxylic acids is 1. The number of carboxylic acids is 1. The third kappa shape index (κ3) is 3.75. The van der Waals surface area contributed by atoms with E-state index in [-0.39, 0.29) is 18.0 Å². The summed E-state index contributed by atoms with van der Waals surface area (Å²) in [6.45, 7) is 1.89. The molecule has 1 aromatic rings. The normalized spacial score (nSPS) is 28.8. The van der Waals surface area contributed by atoms with E-state index >= 15 is 0 Å². The summed E-state index contributed by atoms with van der Waals surface area (Å²) in [5.74, 6) is -0.524. The van der Waals surface area contributed by atoms with Crippen molar-refractivity contribution in [2.75, 3.05) is 14.2 Å². The lowest BCUT2D eigenvalue weighted by Gasteiger charge is -2.34. The summed E-state index contributed by atoms with van der Waals surface area (Å²) in [7, 11) is 3.45. The van der Waals surface area contributed by atoms with E-state index in [1.165, 1.54) is 6.42 Å². The molecule has 2 aliphatic rings. The maximum absolute atomic E-state index is 13.2. The zero-order valence-corrected chi connectivity index (χ0v) is 17.1. The molecular formula is C22H32N2O4. The fourth-order valence-electron chi connectivity index (χ4n) is 4.99. The van der Waals surface area contributed by atoms with Crippen LogP contribution in [0.2, 0.25) is 0 Å². The van der Waals surface area contributed by atoms with Crippen LogP contribution in [0.4, 0.5) is 0 Å². The number of carboxylic acid groups (broad SMARTS) is 1. The molecule has 2 N–H and O–H groups in total. The molecule has 0 unspecified atom stereocenters. The summed E-state index contributed by atoms with van der Waals surface area (Å²) in [5, 5.41) is 13.2. The Morgan fingerprint density at radius 1 is 1.21 bits per heavy atom. The van der Waals surface area contributed by atoms with Crippen LogP contribution >= 0.6 is 0 Å². The summed E-state index contributed by atoms with van der Waals surface area (Å²) in [4.78, 5) is 27.3. The van der Waals surface area contributed by atoms with Crippen LogP contribution in [0.15, 0.2) is 24.3 Å². The van der Waals surface area contributed by atoms with Gasteiger partial charge in [-0.15, -0.1) is 0 Å². The van der Waals surface area contributed by atoms with Gasteiger partial charge in [-0.3, -0.25) is 14.5 Å². The Morgan fingerprint density at radius 3 is 2.39 bits per heavy atom. The zero-order chi connectivity index (χ0) is 20.3. The minimum Gasteiger partial charge on any atom is -0.497 e. The molecule has 6 heteroatoms. The highest BCUT2D eigenvalue weighted by molar-refractivity contribution is 5.85. The lowest BCUT2D eigenvalue weighted by atomic mass is 9.86. The lowest BCUT2D eigenvalue weighted by molar-refractivity contribution is -0.150. The predicted octanol–water partition coefficient (Wildman–Crippen LogP) is 3.37. The topological polar surface area (TPSA) is 78.9 Å². The maximum atomic E-state index is 13.2. The molecule has 0 bridgehead atoms. The molecule has 1 saturated carbocycles. The number of ether oxygens (including phenoxy) is 1. The second kappa shape index (κ2) is 8.52. The molecule has 1 aromatic carbocycles. The molecule has 28 heavy (non-hydrogen) atoms. The smallest absolute Gasteiger partial charge is 0.324 e. The van der Waals surface area contributed by atoms with Crippen LogP contribution in [0.5, 0.6) is 5.75 Å². The van der Waals surface area contributed by atoms with Crippen molar-refractivity contribution in [2.24, 2.45) is 5.92 Å². The lowest BCUT2D eigenvalue weighted by Crippen LogP contribution is -2.48. The van der Waals surface area contributed by atoms with Crippen LogP contribution in [0.25, 0.3) is 0 Å². The van der Waals surface area contributed by atoms with Gasteiger partial charge in [-0.1, -0.05) is 38.3 Å². The molecule has 0 aromatic heterocycles. The number of rotatable bonds is 6. The van der Waals surface area contributed by atoms with Gasteiger partial charge in [-0.2, -0.15) is 0 Å². The fraction of sp³-hybridized carbons (Fsp3) is 0.636. The number of likely N-dealkylation sites (tertiary alicyclic amines) is 1. The molecule has 0 radical (unpaired) electrons. The van der Waals surface area contributed by atoms with Gasteiger partial charge in [0, 0.05) is 12.1 Å². The second-order valence-electron chi connectivity index (χ2n) is 8.17. The average Bonchev–Trinajstić information content (AvgIpc) is 3.02. The number of hydrogen-bond acceptors (Lipinski definition) is 4. The van der Waals surface area contributed by atoms with Gasteiger partial charge in [0.25, 0.3) is 0 Å². The monoisotopic (exact) mass is 388 g/mol. The van der Waals surface area contributed by atoms with Crippen molar-refractivity contribution in [3.8, 4) is 5.75 Å². The van der Waals surface area contributed by atoms with Crippen molar-refractivity contribution in [1.82, 2.24) is 10.2 Å². The number of carbonyl (C=O) groups is 2. The number of benzene rings is 1. The van der Waals surface area contributed by atoms with Gasteiger partial charge < -0.3 is 15.2 Å². The number of nitrogens with zero attached hydrogens (tertiary/aromatic N) is 1. The van der Waals surface area contributed by atoms with Crippen LogP contribution < -0.4 is 10.1 Å². The molecular weight excluding hydrogens is 356 g/mol. The second-order valence-corrected chi connectivity index (χ2v) is 8.17. The molecule has 3 atom stereocenters. The Kier molecular flexibility index (Phi) is 6.28. The fourth-order valence-corrected chi connectivity index (χ4v) is 4.99. The van der Waals surface area contributed by atoms with Gasteiger partial charge in [0.1, 0.15) is 11.3 Å². The molecule has 1 aliphatic heterocycles. The summed E-state index contributed by atoms with van der Waals surface area (Å²) >= 11 is 0. The van der Waals surface area contributed by atoms with Gasteiger partial charge in [-0.05, 0) is 50.4 Å². The number of aliphatic carboxylic acids is 1. The van der Waals surface area contributed by atoms with Crippen LogP contribution in [-0.4, -0.2) is 47.6 Å². The number of methoxy groups -OCH3 is 1. The SMILES string of the molecule is CC[C@@]1(C(=O)O)C[C@H](C(=O)NC2CCCCC2)[C@H](c2ccc(OC)cc2)N1C. The summed E-state index contributed by atoms with van der Waals surface area (Å²) in [6, 6.07) is 7.55. The van der Waals surface area contributed by atoms with Gasteiger partial charge in [0.15, 0.2) is 0 Å². The van der Waals surface area contributed by atoms with Crippen LogP contribution in [0.3, 0.4) is 0 Å². The van der Waals surface area contributed by atoms with Crippen molar-refractivity contribution in [3.63, 3.8) is 0 Å². The average molecular weight is 389 g/mol. The summed E-state index contributed by atoms with van der Waals surface area (Å²) in [6.07, 6.45) is 6.32. The molecule has 0 spiro atoms. The highest BCUT2D eigenvalue weighted by Gasteiger charge is 2.56. The first kappa shape index (κ1) is 20.6. The number of likely N-dealkylation sites (N-methyl/N-ethyl adjacent to an activating group) is 1. The Morgan fingerprint density at radius 2 is 1.86 bits per heavy atom. The van der Waals surface area contributed by atoms with E-state index in [1.54, 1.807) is 7.11 Å². The van der Waals surface area contributed by atoms with E-state index in [1.807, 2.05) is 43.1 Å². The Hall–Kier alpha value is -2.08. The standard InChI is InChI=1S/C22H32N2O4/c1-4-22(21(26)27)14-18(20(25)23-16-8-6-5-7-9-16)19(24(22)2)15-10-12-17(28-3)13-11-15/h10-13,16,18-19H,4-9,14H2,1-3H3,(H,23,25)(H,26,27)/t18-,19-,22-/m0/s1. The molecule has 6 nitrogen and oxygen atoms in total. The van der Waals surface area contributed by atoms with E-state index in [2.05, 4.69) is 5.32 Å². The first-order valence-corrected chi connectivity index (χ1v) is 10.3. The van der Waals surface area contributed by atoms with Crippen LogP contribution in [0.1, 0.15) is 63.5 Å². The van der Waals surface area contributed by atoms with Crippen molar-refractivity contribution in [1.29, 1.82) is 0 Å². The van der Waals surface area contributed by atoms with Crippen molar-refractivity contribution in [3.05, 3.63) is 29.8 Å². The van der Waals surface area contributed by atoms with Gasteiger partial charge >= 0.3 is 5.97 Å². The summed E-state index contributed by atoms with van der Waals surface area (Å²) in [5.41, 5.74) is -0.0808. The van der Waals surface area contributed by atoms with Gasteiger partial charge in [0.2, 0.25) is 5.91 Å². The molecule has 1 amide bonds. The third-order valence-corrected chi connectivity index (χ3v) is 6.76. The van der Waals surface area contributed by atoms with Crippen LogP contribution in [0, 0.1) is 5.92 Å². The van der Waals surface area contributed by atoms with Crippen LogP contribution in [-0.2, 0) is 9.59 Å². The van der Waals surface area contributed by atoms with E-state index in [9.17, 15) is 14.7 Å². The molecule has 154 valence electrons. The van der Waals surface area contributed by atoms with Crippen molar-refractivity contribution in [2.45, 2.75) is 69.5 Å². The van der Waals surface area contributed by atoms with Gasteiger partial charge in [-0.25, -0.2) is 0 Å². The minimum atomic E-state index is -1.03. The third-order valence-electron chi connectivity index (χ3n) is 6.76. The Balaban J connectivity index is 1.90. The first-order chi connectivity index (χ1) is 13.4. The minimum absolute atomic E-state index is 0.0175. The quantitative estimate of drug-likeness (QED) is 0.781. The Bertz CT molecular complexity index is 699. The van der Waals surface area contributed by atoms with Crippen molar-refractivity contribution < 1.29 is 19.4 Å². The zero-order valence-electron chi connectivity index (χ0n) is 17.1. The largest absolute Gasteiger partial charge is 0.497 e. The van der Waals surface area contributed by atoms with E-state index < -0.39 is 17.4 Å². The number of amides is 1. The molecule has 1 heterocycles. The van der Waals surface area contributed by atoms with E-state index in [0.717, 1.165) is 37.0 Å². The first-order valence-electron chi connectivity index (χ1n) is 10.3. The highest BCUT2D eigenvalue weighted by Crippen LogP contribution is 2.48. The number of nitrogens with one attached hydrogen (secondary N) is 1. The van der Waals surface area contributed by atoms with E-state index in [0.29, 0.717) is 12.8 Å². The summed E-state index contributed by atoms with van der Waals surface area (Å²) < 4.78 is 5.25. The van der Waals surface area contributed by atoms with Gasteiger partial charge in [0.05, 0.1) is 13.0 Å². The molecule has 1 saturated heterocycles. The maximum Gasteiger partial charge on any atom is 0.324 e. The Labute approximate surface area is 167 Å². The van der Waals surface area contributed by atoms with Crippen molar-refractivity contribution >= 4 is 11.9 Å².